The standard InChI is InChI=1S/C27H38O4/c1-5-6-7-8-19-29-25-14-10-23(11-15-25)24-12-16-26(17-13-24)30-20-22(4)31-27(28)18-9-21(2)3/h10-17,21-22H,5-9,18-20H2,1-4H3. The van der Waals surface area contributed by atoms with Crippen LogP contribution in [-0.2, 0) is 9.53 Å². The molecule has 0 heterocycles. The number of hydrogen-bond acceptors (Lipinski definition) is 4. The van der Waals surface area contributed by atoms with Gasteiger partial charge < -0.3 is 14.2 Å². The average molecular weight is 427 g/mol. The largest absolute Gasteiger partial charge is 0.494 e. The number of benzene rings is 2. The van der Waals surface area contributed by atoms with Crippen LogP contribution < -0.4 is 9.47 Å². The molecule has 2 rings (SSSR count). The molecule has 0 spiro atoms. The molecule has 4 heteroatoms. The van der Waals surface area contributed by atoms with Crippen LogP contribution in [0.2, 0.25) is 0 Å². The molecule has 170 valence electrons. The molecular weight excluding hydrogens is 388 g/mol. The lowest BCUT2D eigenvalue weighted by molar-refractivity contribution is -0.149. The predicted octanol–water partition coefficient (Wildman–Crippen LogP) is 7.06. The van der Waals surface area contributed by atoms with Gasteiger partial charge in [0.15, 0.2) is 0 Å². The number of ether oxygens (including phenoxy) is 3. The van der Waals surface area contributed by atoms with Crippen molar-refractivity contribution in [2.24, 2.45) is 5.92 Å². The molecule has 1 atom stereocenters. The van der Waals surface area contributed by atoms with E-state index in [1.165, 1.54) is 19.3 Å². The Balaban J connectivity index is 1.76. The van der Waals surface area contributed by atoms with E-state index in [9.17, 15) is 4.79 Å². The van der Waals surface area contributed by atoms with Crippen LogP contribution in [0.3, 0.4) is 0 Å². The SMILES string of the molecule is CCCCCCOc1ccc(-c2ccc(OCC(C)OC(=O)CCC(C)C)cc2)cc1. The van der Waals surface area contributed by atoms with Crippen molar-refractivity contribution in [3.05, 3.63) is 48.5 Å². The minimum atomic E-state index is -0.270. The minimum Gasteiger partial charge on any atom is -0.494 e. The summed E-state index contributed by atoms with van der Waals surface area (Å²) in [5, 5.41) is 0. The summed E-state index contributed by atoms with van der Waals surface area (Å²) < 4.78 is 17.0. The van der Waals surface area contributed by atoms with Gasteiger partial charge in [0.05, 0.1) is 6.61 Å². The van der Waals surface area contributed by atoms with Gasteiger partial charge >= 0.3 is 5.97 Å². The third-order valence-corrected chi connectivity index (χ3v) is 5.05. The predicted molar refractivity (Wildman–Crippen MR) is 127 cm³/mol. The quantitative estimate of drug-likeness (QED) is 0.240. The summed E-state index contributed by atoms with van der Waals surface area (Å²) >= 11 is 0. The van der Waals surface area contributed by atoms with E-state index in [0.29, 0.717) is 18.9 Å². The molecule has 0 saturated heterocycles. The Hall–Kier alpha value is -2.49. The van der Waals surface area contributed by atoms with Crippen molar-refractivity contribution in [1.29, 1.82) is 0 Å². The van der Waals surface area contributed by atoms with Crippen molar-refractivity contribution in [3.63, 3.8) is 0 Å². The Morgan fingerprint density at radius 2 is 1.39 bits per heavy atom. The number of rotatable bonds is 14. The fourth-order valence-corrected chi connectivity index (χ4v) is 3.14. The zero-order valence-corrected chi connectivity index (χ0v) is 19.6. The van der Waals surface area contributed by atoms with E-state index in [4.69, 9.17) is 14.2 Å². The molecule has 0 fully saturated rings. The molecule has 0 aromatic heterocycles. The van der Waals surface area contributed by atoms with Crippen LogP contribution in [0.5, 0.6) is 11.5 Å². The smallest absolute Gasteiger partial charge is 0.306 e. The first-order valence-corrected chi connectivity index (χ1v) is 11.6. The second kappa shape index (κ2) is 13.7. The molecule has 0 aliphatic rings. The molecule has 4 nitrogen and oxygen atoms in total. The number of carbonyl (C=O) groups is 1. The van der Waals surface area contributed by atoms with Gasteiger partial charge in [0, 0.05) is 6.42 Å². The van der Waals surface area contributed by atoms with E-state index in [1.807, 2.05) is 43.3 Å². The highest BCUT2D eigenvalue weighted by Crippen LogP contribution is 2.25. The summed E-state index contributed by atoms with van der Waals surface area (Å²) in [4.78, 5) is 11.8. The summed E-state index contributed by atoms with van der Waals surface area (Å²) in [6.07, 6.45) is 5.87. The molecular formula is C27H38O4. The van der Waals surface area contributed by atoms with Crippen LogP contribution in [0.1, 0.15) is 66.2 Å². The highest BCUT2D eigenvalue weighted by molar-refractivity contribution is 5.69. The molecule has 1 unspecified atom stereocenters. The van der Waals surface area contributed by atoms with Gasteiger partial charge in [0.25, 0.3) is 0 Å². The third kappa shape index (κ3) is 9.91. The van der Waals surface area contributed by atoms with Gasteiger partial charge in [-0.05, 0) is 61.1 Å². The molecule has 0 saturated carbocycles. The van der Waals surface area contributed by atoms with Gasteiger partial charge in [-0.15, -0.1) is 0 Å². The maximum absolute atomic E-state index is 11.8. The van der Waals surface area contributed by atoms with Crippen molar-refractivity contribution < 1.29 is 19.0 Å². The lowest BCUT2D eigenvalue weighted by atomic mass is 10.1. The van der Waals surface area contributed by atoms with Gasteiger partial charge in [-0.1, -0.05) is 64.3 Å². The first kappa shape index (κ1) is 24.8. The molecule has 0 aliphatic carbocycles. The van der Waals surface area contributed by atoms with Gasteiger partial charge in [-0.3, -0.25) is 4.79 Å². The second-order valence-electron chi connectivity index (χ2n) is 8.50. The van der Waals surface area contributed by atoms with E-state index >= 15 is 0 Å². The Morgan fingerprint density at radius 3 is 1.94 bits per heavy atom. The van der Waals surface area contributed by atoms with Crippen LogP contribution in [0, 0.1) is 5.92 Å². The number of carbonyl (C=O) groups excluding carboxylic acids is 1. The summed E-state index contributed by atoms with van der Waals surface area (Å²) in [5.41, 5.74) is 2.26. The van der Waals surface area contributed by atoms with Gasteiger partial charge in [0.2, 0.25) is 0 Å². The zero-order chi connectivity index (χ0) is 22.5. The van der Waals surface area contributed by atoms with E-state index in [1.54, 1.807) is 0 Å². The summed E-state index contributed by atoms with van der Waals surface area (Å²) in [7, 11) is 0. The van der Waals surface area contributed by atoms with E-state index in [0.717, 1.165) is 42.1 Å². The van der Waals surface area contributed by atoms with E-state index < -0.39 is 0 Å². The fraction of sp³-hybridized carbons (Fsp3) is 0.519. The van der Waals surface area contributed by atoms with Crippen LogP contribution in [0.15, 0.2) is 48.5 Å². The van der Waals surface area contributed by atoms with E-state index in [2.05, 4.69) is 32.9 Å². The van der Waals surface area contributed by atoms with Crippen molar-refractivity contribution in [2.45, 2.75) is 72.3 Å². The highest BCUT2D eigenvalue weighted by Gasteiger charge is 2.11. The summed E-state index contributed by atoms with van der Waals surface area (Å²) in [5.74, 6) is 2.02. The van der Waals surface area contributed by atoms with E-state index in [-0.39, 0.29) is 12.1 Å². The Morgan fingerprint density at radius 1 is 0.806 bits per heavy atom. The Labute approximate surface area is 187 Å². The zero-order valence-electron chi connectivity index (χ0n) is 19.6. The number of hydrogen-bond donors (Lipinski definition) is 0. The molecule has 0 bridgehead atoms. The molecule has 0 amide bonds. The molecule has 0 radical (unpaired) electrons. The van der Waals surface area contributed by atoms with Crippen LogP contribution >= 0.6 is 0 Å². The number of unbranched alkanes of at least 4 members (excludes halogenated alkanes) is 3. The van der Waals surface area contributed by atoms with Crippen LogP contribution in [0.4, 0.5) is 0 Å². The molecule has 2 aromatic rings. The van der Waals surface area contributed by atoms with Gasteiger partial charge in [-0.2, -0.15) is 0 Å². The lowest BCUT2D eigenvalue weighted by Crippen LogP contribution is -2.22. The summed E-state index contributed by atoms with van der Waals surface area (Å²) in [6.45, 7) is 9.39. The second-order valence-corrected chi connectivity index (χ2v) is 8.50. The molecule has 2 aromatic carbocycles. The molecule has 0 aliphatic heterocycles. The van der Waals surface area contributed by atoms with Crippen molar-refractivity contribution >= 4 is 5.97 Å². The van der Waals surface area contributed by atoms with Gasteiger partial charge in [-0.25, -0.2) is 0 Å². The maximum Gasteiger partial charge on any atom is 0.306 e. The average Bonchev–Trinajstić information content (AvgIpc) is 2.77. The normalized spacial score (nSPS) is 11.9. The van der Waals surface area contributed by atoms with Gasteiger partial charge in [0.1, 0.15) is 24.2 Å². The minimum absolute atomic E-state index is 0.159. The van der Waals surface area contributed by atoms with Crippen molar-refractivity contribution in [2.75, 3.05) is 13.2 Å². The molecule has 31 heavy (non-hydrogen) atoms. The first-order valence-electron chi connectivity index (χ1n) is 11.6. The maximum atomic E-state index is 11.8. The lowest BCUT2D eigenvalue weighted by Gasteiger charge is -2.15. The summed E-state index contributed by atoms with van der Waals surface area (Å²) in [6, 6.07) is 16.2. The third-order valence-electron chi connectivity index (χ3n) is 5.05. The van der Waals surface area contributed by atoms with Crippen molar-refractivity contribution in [1.82, 2.24) is 0 Å². The molecule has 0 N–H and O–H groups in total. The topological polar surface area (TPSA) is 44.8 Å². The highest BCUT2D eigenvalue weighted by atomic mass is 16.6. The fourth-order valence-electron chi connectivity index (χ4n) is 3.14. The van der Waals surface area contributed by atoms with Crippen LogP contribution in [-0.4, -0.2) is 25.3 Å². The monoisotopic (exact) mass is 426 g/mol. The Kier molecular flexibility index (Phi) is 11.0. The van der Waals surface area contributed by atoms with Crippen molar-refractivity contribution in [3.8, 4) is 22.6 Å². The van der Waals surface area contributed by atoms with Crippen LogP contribution in [0.25, 0.3) is 11.1 Å². The number of esters is 1. The Bertz CT molecular complexity index is 750. The first-order chi connectivity index (χ1) is 15.0.